The largest absolute Gasteiger partial charge is 0.493 e. The maximum absolute atomic E-state index is 10.9. The summed E-state index contributed by atoms with van der Waals surface area (Å²) < 4.78 is 28.5. The van der Waals surface area contributed by atoms with Gasteiger partial charge in [-0.25, -0.2) is 13.6 Å². The topological polar surface area (TPSA) is 81.4 Å². The fraction of sp³-hybridized carbons (Fsp3) is 0.500. The van der Waals surface area contributed by atoms with Gasteiger partial charge in [0, 0.05) is 22.6 Å². The Labute approximate surface area is 121 Å². The first-order valence-corrected chi connectivity index (χ1v) is 8.63. The van der Waals surface area contributed by atoms with Gasteiger partial charge in [0.2, 0.25) is 10.0 Å². The lowest BCUT2D eigenvalue weighted by atomic mass is 10.0. The number of hydrogen-bond acceptors (Lipinski definition) is 4. The second-order valence-electron chi connectivity index (χ2n) is 4.55. The van der Waals surface area contributed by atoms with Crippen molar-refractivity contribution in [1.29, 1.82) is 0 Å². The zero-order valence-corrected chi connectivity index (χ0v) is 12.8. The second kappa shape index (κ2) is 6.21. The third kappa shape index (κ3) is 4.45. The molecule has 0 saturated carbocycles. The molecule has 0 bridgehead atoms. The van der Waals surface area contributed by atoms with Crippen molar-refractivity contribution in [1.82, 2.24) is 5.32 Å². The first-order chi connectivity index (χ1) is 8.96. The second-order valence-corrected chi connectivity index (χ2v) is 7.20. The number of ether oxygens (including phenoxy) is 1. The highest BCUT2D eigenvalue weighted by Crippen LogP contribution is 2.33. The van der Waals surface area contributed by atoms with E-state index >= 15 is 0 Å². The van der Waals surface area contributed by atoms with Gasteiger partial charge in [-0.15, -0.1) is 0 Å². The zero-order chi connectivity index (χ0) is 13.9. The number of sulfonamides is 1. The van der Waals surface area contributed by atoms with E-state index in [9.17, 15) is 8.42 Å². The zero-order valence-electron chi connectivity index (χ0n) is 10.4. The Balaban J connectivity index is 2.09. The van der Waals surface area contributed by atoms with Crippen LogP contribution in [0.4, 0.5) is 0 Å². The van der Waals surface area contributed by atoms with Crippen molar-refractivity contribution in [3.63, 3.8) is 0 Å². The first-order valence-electron chi connectivity index (χ1n) is 6.12. The number of benzene rings is 1. The van der Waals surface area contributed by atoms with Gasteiger partial charge in [0.25, 0.3) is 0 Å². The van der Waals surface area contributed by atoms with Crippen LogP contribution < -0.4 is 15.2 Å². The number of rotatable bonds is 4. The van der Waals surface area contributed by atoms with Crippen LogP contribution >= 0.6 is 15.9 Å². The number of primary sulfonamides is 1. The molecule has 0 radical (unpaired) electrons. The molecule has 19 heavy (non-hydrogen) atoms. The minimum absolute atomic E-state index is 0.0593. The van der Waals surface area contributed by atoms with E-state index in [1.165, 1.54) is 0 Å². The summed E-state index contributed by atoms with van der Waals surface area (Å²) in [5.74, 6) is 0.788. The Bertz CT molecular complexity index is 548. The molecule has 1 atom stereocenters. The Morgan fingerprint density at radius 1 is 1.47 bits per heavy atom. The standard InChI is InChI=1S/C12H17BrN2O3S/c13-9-3-4-10-11(15-5-7-19(14,16)17)2-1-6-18-12(10)8-9/h3-4,8,11,15H,1-2,5-7H2,(H2,14,16,17). The van der Waals surface area contributed by atoms with E-state index < -0.39 is 10.0 Å². The minimum Gasteiger partial charge on any atom is -0.493 e. The fourth-order valence-electron chi connectivity index (χ4n) is 2.13. The third-order valence-electron chi connectivity index (χ3n) is 3.02. The van der Waals surface area contributed by atoms with Gasteiger partial charge in [-0.2, -0.15) is 0 Å². The molecule has 1 aromatic rings. The molecule has 1 unspecified atom stereocenters. The summed E-state index contributed by atoms with van der Waals surface area (Å²) in [5.41, 5.74) is 1.06. The van der Waals surface area contributed by atoms with E-state index in [0.717, 1.165) is 28.6 Å². The lowest BCUT2D eigenvalue weighted by Gasteiger charge is -2.18. The van der Waals surface area contributed by atoms with Crippen molar-refractivity contribution in [3.8, 4) is 5.75 Å². The van der Waals surface area contributed by atoms with E-state index in [2.05, 4.69) is 21.2 Å². The molecule has 0 aromatic heterocycles. The predicted octanol–water partition coefficient (Wildman–Crippen LogP) is 1.54. The van der Waals surface area contributed by atoms with E-state index in [1.54, 1.807) is 0 Å². The molecule has 3 N–H and O–H groups in total. The van der Waals surface area contributed by atoms with Crippen molar-refractivity contribution in [3.05, 3.63) is 28.2 Å². The average molecular weight is 349 g/mol. The number of nitrogens with one attached hydrogen (secondary N) is 1. The summed E-state index contributed by atoms with van der Waals surface area (Å²) in [7, 11) is -3.42. The summed E-state index contributed by atoms with van der Waals surface area (Å²) in [6.45, 7) is 1.02. The number of fused-ring (bicyclic) bond motifs is 1. The molecular formula is C12H17BrN2O3S. The maximum Gasteiger partial charge on any atom is 0.210 e. The first kappa shape index (κ1) is 14.8. The molecule has 5 nitrogen and oxygen atoms in total. The normalized spacial score (nSPS) is 19.4. The molecule has 106 valence electrons. The number of halogens is 1. The van der Waals surface area contributed by atoms with Gasteiger partial charge < -0.3 is 10.1 Å². The van der Waals surface area contributed by atoms with Crippen LogP contribution in [0.25, 0.3) is 0 Å². The van der Waals surface area contributed by atoms with Crippen LogP contribution in [0.5, 0.6) is 5.75 Å². The van der Waals surface area contributed by atoms with Gasteiger partial charge in [0.05, 0.1) is 12.4 Å². The molecule has 0 spiro atoms. The van der Waals surface area contributed by atoms with Crippen LogP contribution in [0.15, 0.2) is 22.7 Å². The predicted molar refractivity (Wildman–Crippen MR) is 77.6 cm³/mol. The Kier molecular flexibility index (Phi) is 4.83. The van der Waals surface area contributed by atoms with Crippen molar-refractivity contribution < 1.29 is 13.2 Å². The SMILES string of the molecule is NS(=O)(=O)CCNC1CCCOc2cc(Br)ccc21. The van der Waals surface area contributed by atoms with Crippen LogP contribution in [0, 0.1) is 0 Å². The van der Waals surface area contributed by atoms with Crippen molar-refractivity contribution in [2.24, 2.45) is 5.14 Å². The summed E-state index contributed by atoms with van der Waals surface area (Å²) in [6.07, 6.45) is 1.85. The molecule has 0 fully saturated rings. The number of hydrogen-bond donors (Lipinski definition) is 2. The van der Waals surface area contributed by atoms with E-state index in [0.29, 0.717) is 13.2 Å². The molecule has 0 saturated heterocycles. The molecule has 1 aliphatic heterocycles. The van der Waals surface area contributed by atoms with Crippen molar-refractivity contribution >= 4 is 26.0 Å². The molecule has 1 heterocycles. The Morgan fingerprint density at radius 3 is 3.00 bits per heavy atom. The third-order valence-corrected chi connectivity index (χ3v) is 4.29. The summed E-state index contributed by atoms with van der Waals surface area (Å²) in [4.78, 5) is 0. The quantitative estimate of drug-likeness (QED) is 0.864. The highest BCUT2D eigenvalue weighted by Gasteiger charge is 2.19. The average Bonchev–Trinajstić information content (AvgIpc) is 2.50. The van der Waals surface area contributed by atoms with Crippen LogP contribution in [-0.2, 0) is 10.0 Å². The lowest BCUT2D eigenvalue weighted by molar-refractivity contribution is 0.315. The van der Waals surface area contributed by atoms with E-state index in [1.807, 2.05) is 18.2 Å². The lowest BCUT2D eigenvalue weighted by Crippen LogP contribution is -2.30. The highest BCUT2D eigenvalue weighted by atomic mass is 79.9. The Morgan fingerprint density at radius 2 is 2.26 bits per heavy atom. The van der Waals surface area contributed by atoms with Crippen LogP contribution in [0.2, 0.25) is 0 Å². The summed E-state index contributed by atoms with van der Waals surface area (Å²) in [6, 6.07) is 6.00. The molecular weight excluding hydrogens is 332 g/mol. The Hall–Kier alpha value is -0.630. The van der Waals surface area contributed by atoms with Crippen LogP contribution in [0.3, 0.4) is 0 Å². The maximum atomic E-state index is 10.9. The molecule has 0 amide bonds. The molecule has 0 aliphatic carbocycles. The number of nitrogens with two attached hydrogens (primary N) is 1. The molecule has 1 aliphatic rings. The molecule has 2 rings (SSSR count). The molecule has 1 aromatic carbocycles. The van der Waals surface area contributed by atoms with Crippen LogP contribution in [0.1, 0.15) is 24.4 Å². The van der Waals surface area contributed by atoms with Gasteiger partial charge in [-0.3, -0.25) is 0 Å². The van der Waals surface area contributed by atoms with Gasteiger partial charge >= 0.3 is 0 Å². The van der Waals surface area contributed by atoms with E-state index in [4.69, 9.17) is 9.88 Å². The van der Waals surface area contributed by atoms with Crippen molar-refractivity contribution in [2.45, 2.75) is 18.9 Å². The summed E-state index contributed by atoms with van der Waals surface area (Å²) in [5, 5.41) is 8.24. The van der Waals surface area contributed by atoms with Gasteiger partial charge in [0.15, 0.2) is 0 Å². The molecule has 7 heteroatoms. The smallest absolute Gasteiger partial charge is 0.210 e. The minimum atomic E-state index is -3.42. The fourth-order valence-corrected chi connectivity index (χ4v) is 2.88. The summed E-state index contributed by atoms with van der Waals surface area (Å²) >= 11 is 3.42. The van der Waals surface area contributed by atoms with Gasteiger partial charge in [0.1, 0.15) is 5.75 Å². The van der Waals surface area contributed by atoms with Crippen molar-refractivity contribution in [2.75, 3.05) is 18.9 Å². The van der Waals surface area contributed by atoms with Crippen LogP contribution in [-0.4, -0.2) is 27.3 Å². The highest BCUT2D eigenvalue weighted by molar-refractivity contribution is 9.10. The van der Waals surface area contributed by atoms with Gasteiger partial charge in [-0.1, -0.05) is 22.0 Å². The van der Waals surface area contributed by atoms with E-state index in [-0.39, 0.29) is 11.8 Å². The monoisotopic (exact) mass is 348 g/mol. The van der Waals surface area contributed by atoms with Gasteiger partial charge in [-0.05, 0) is 25.0 Å².